The van der Waals surface area contributed by atoms with Crippen LogP contribution in [-0.4, -0.2) is 39.5 Å². The molecule has 1 saturated heterocycles. The molecule has 2 N–H and O–H groups in total. The molecule has 7 nitrogen and oxygen atoms in total. The normalized spacial score (nSPS) is 20.2. The summed E-state index contributed by atoms with van der Waals surface area (Å²) in [4.78, 5) is 15.8. The van der Waals surface area contributed by atoms with Crippen LogP contribution in [0.4, 0.5) is 30.7 Å². The van der Waals surface area contributed by atoms with Gasteiger partial charge in [0, 0.05) is 6.54 Å². The molecule has 14 heteroatoms. The molecule has 0 aliphatic carbocycles. The van der Waals surface area contributed by atoms with Crippen molar-refractivity contribution in [2.75, 3.05) is 13.2 Å². The molecule has 2 heterocycles. The number of rotatable bonds is 6. The van der Waals surface area contributed by atoms with Crippen LogP contribution in [0.2, 0.25) is 0 Å². The predicted molar refractivity (Wildman–Crippen MR) is 114 cm³/mol. The molecular weight excluding hydrogens is 513 g/mol. The van der Waals surface area contributed by atoms with Crippen molar-refractivity contribution in [1.29, 1.82) is 0 Å². The second-order valence-corrected chi connectivity index (χ2v) is 8.39. The molecule has 0 unspecified atom stereocenters. The molecule has 1 fully saturated rings. The Kier molecular flexibility index (Phi) is 7.44. The highest BCUT2D eigenvalue weighted by Gasteiger charge is 2.43. The van der Waals surface area contributed by atoms with Crippen molar-refractivity contribution in [3.05, 3.63) is 86.8 Å². The van der Waals surface area contributed by atoms with E-state index >= 15 is 0 Å². The molecule has 0 radical (unpaired) electrons. The first-order valence-electron chi connectivity index (χ1n) is 11.0. The molecule has 1 aromatic heterocycles. The Balaban J connectivity index is 1.68. The molecule has 3 aromatic rings. The number of aromatic nitrogens is 3. The van der Waals surface area contributed by atoms with Crippen LogP contribution in [0.1, 0.15) is 47.1 Å². The third-order valence-electron chi connectivity index (χ3n) is 5.87. The zero-order chi connectivity index (χ0) is 27.0. The molecule has 200 valence electrons. The summed E-state index contributed by atoms with van der Waals surface area (Å²) < 4.78 is 106. The smallest absolute Gasteiger partial charge is 0.349 e. The summed E-state index contributed by atoms with van der Waals surface area (Å²) >= 11 is 0. The molecule has 0 amide bonds. The zero-order valence-electron chi connectivity index (χ0n) is 19.2. The monoisotopic (exact) mass is 534 g/mol. The molecule has 37 heavy (non-hydrogen) atoms. The predicted octanol–water partition coefficient (Wildman–Crippen LogP) is 4.95. The summed E-state index contributed by atoms with van der Waals surface area (Å²) in [5, 5.41) is 6.13. The Bertz CT molecular complexity index is 1240. The van der Waals surface area contributed by atoms with Gasteiger partial charge in [0.05, 0.1) is 36.4 Å². The molecule has 2 aromatic carbocycles. The lowest BCUT2D eigenvalue weighted by molar-refractivity contribution is -0.231. The Labute approximate surface area is 205 Å². The van der Waals surface area contributed by atoms with Gasteiger partial charge in [-0.05, 0) is 30.2 Å². The summed E-state index contributed by atoms with van der Waals surface area (Å²) in [5.74, 6) is -2.09. The minimum atomic E-state index is -5.36. The maximum atomic E-state index is 14.2. The van der Waals surface area contributed by atoms with Gasteiger partial charge in [0.15, 0.2) is 6.29 Å². The van der Waals surface area contributed by atoms with Crippen molar-refractivity contribution in [2.24, 2.45) is 0 Å². The second kappa shape index (κ2) is 10.3. The number of H-pyrrole nitrogens is 2. The van der Waals surface area contributed by atoms with Gasteiger partial charge < -0.3 is 9.47 Å². The van der Waals surface area contributed by atoms with Crippen LogP contribution in [-0.2, 0) is 28.4 Å². The minimum Gasteiger partial charge on any atom is -0.349 e. The number of aromatic amines is 2. The summed E-state index contributed by atoms with van der Waals surface area (Å²) in [6, 6.07) is 8.70. The molecular formula is C23H21F7N4O3. The van der Waals surface area contributed by atoms with E-state index in [1.807, 2.05) is 4.90 Å². The van der Waals surface area contributed by atoms with E-state index in [0.717, 1.165) is 0 Å². The van der Waals surface area contributed by atoms with Gasteiger partial charge in [-0.2, -0.15) is 31.4 Å². The van der Waals surface area contributed by atoms with E-state index in [9.17, 15) is 35.5 Å². The average molecular weight is 534 g/mol. The van der Waals surface area contributed by atoms with Crippen molar-refractivity contribution in [2.45, 2.75) is 44.3 Å². The van der Waals surface area contributed by atoms with Crippen LogP contribution in [0.3, 0.4) is 0 Å². The van der Waals surface area contributed by atoms with Gasteiger partial charge in [0.1, 0.15) is 11.6 Å². The van der Waals surface area contributed by atoms with Crippen LogP contribution < -0.4 is 5.69 Å². The number of nitrogens with one attached hydrogen (secondary N) is 2. The van der Waals surface area contributed by atoms with Gasteiger partial charge in [0.25, 0.3) is 0 Å². The highest BCUT2D eigenvalue weighted by Crippen LogP contribution is 2.41. The van der Waals surface area contributed by atoms with E-state index < -0.39 is 59.0 Å². The van der Waals surface area contributed by atoms with E-state index in [1.54, 1.807) is 30.3 Å². The van der Waals surface area contributed by atoms with E-state index in [-0.39, 0.29) is 13.2 Å². The minimum absolute atomic E-state index is 0.112. The number of nitrogens with zero attached hydrogens (tertiary/aromatic N) is 2. The van der Waals surface area contributed by atoms with Gasteiger partial charge in [-0.1, -0.05) is 30.3 Å². The third kappa shape index (κ3) is 6.02. The number of hydrogen-bond acceptors (Lipinski definition) is 5. The lowest BCUT2D eigenvalue weighted by atomic mass is 10.00. The first-order chi connectivity index (χ1) is 17.3. The number of halogens is 7. The van der Waals surface area contributed by atoms with Gasteiger partial charge in [0.2, 0.25) is 0 Å². The number of hydrogen-bond donors (Lipinski definition) is 2. The Morgan fingerprint density at radius 3 is 2.27 bits per heavy atom. The first kappa shape index (κ1) is 26.8. The number of alkyl halides is 6. The molecule has 1 aliphatic heterocycles. The van der Waals surface area contributed by atoms with Crippen molar-refractivity contribution >= 4 is 0 Å². The summed E-state index contributed by atoms with van der Waals surface area (Å²) in [6.45, 7) is 1.86. The van der Waals surface area contributed by atoms with E-state index in [1.165, 1.54) is 6.92 Å². The first-order valence-corrected chi connectivity index (χ1v) is 11.0. The lowest BCUT2D eigenvalue weighted by Crippen LogP contribution is -2.46. The van der Waals surface area contributed by atoms with Crippen LogP contribution in [0.15, 0.2) is 47.3 Å². The van der Waals surface area contributed by atoms with Crippen LogP contribution in [0.25, 0.3) is 0 Å². The summed E-state index contributed by atoms with van der Waals surface area (Å²) in [5.41, 5.74) is -4.44. The Morgan fingerprint density at radius 2 is 1.73 bits per heavy atom. The van der Waals surface area contributed by atoms with Crippen molar-refractivity contribution in [1.82, 2.24) is 20.1 Å². The van der Waals surface area contributed by atoms with E-state index in [2.05, 4.69) is 15.2 Å². The zero-order valence-corrected chi connectivity index (χ0v) is 19.2. The molecule has 0 saturated carbocycles. The maximum absolute atomic E-state index is 14.2. The van der Waals surface area contributed by atoms with Gasteiger partial charge in [-0.15, -0.1) is 0 Å². The van der Waals surface area contributed by atoms with Crippen LogP contribution >= 0.6 is 0 Å². The molecule has 1 aliphatic rings. The van der Waals surface area contributed by atoms with Crippen molar-refractivity contribution in [3.8, 4) is 0 Å². The summed E-state index contributed by atoms with van der Waals surface area (Å²) in [6.07, 6.45) is -13.2. The average Bonchev–Trinajstić information content (AvgIpc) is 3.22. The van der Waals surface area contributed by atoms with E-state index in [4.69, 9.17) is 9.47 Å². The highest BCUT2D eigenvalue weighted by atomic mass is 19.4. The Morgan fingerprint density at radius 1 is 1.11 bits per heavy atom. The fourth-order valence-electron chi connectivity index (χ4n) is 4.14. The second-order valence-electron chi connectivity index (χ2n) is 8.39. The van der Waals surface area contributed by atoms with Gasteiger partial charge >= 0.3 is 18.0 Å². The molecule has 0 bridgehead atoms. The number of morpholine rings is 1. The fraction of sp³-hybridized carbons (Fsp3) is 0.391. The van der Waals surface area contributed by atoms with Crippen molar-refractivity contribution in [3.63, 3.8) is 0 Å². The number of benzene rings is 2. The molecule has 3 atom stereocenters. The van der Waals surface area contributed by atoms with Crippen LogP contribution in [0.5, 0.6) is 0 Å². The largest absolute Gasteiger partial charge is 0.419 e. The molecule has 4 rings (SSSR count). The Hall–Kier alpha value is -3.23. The maximum Gasteiger partial charge on any atom is 0.419 e. The SMILES string of the molecule is C[C@@H](O[C@H]1OCCN(Cc2n[nH]c(=O)[nH]2)[C@H]1c1ccccc1)c1cc(C(F)(F)F)c(F)c(C(F)(F)F)c1. The highest BCUT2D eigenvalue weighted by molar-refractivity contribution is 5.36. The van der Waals surface area contributed by atoms with Gasteiger partial charge in [-0.25, -0.2) is 14.3 Å². The number of ether oxygens (including phenoxy) is 2. The van der Waals surface area contributed by atoms with Gasteiger partial charge in [-0.3, -0.25) is 9.88 Å². The molecule has 0 spiro atoms. The lowest BCUT2D eigenvalue weighted by Gasteiger charge is -2.41. The summed E-state index contributed by atoms with van der Waals surface area (Å²) in [7, 11) is 0. The topological polar surface area (TPSA) is 83.2 Å². The van der Waals surface area contributed by atoms with Crippen LogP contribution in [0, 0.1) is 5.82 Å². The standard InChI is InChI=1S/C23H21F7N4O3/c1-12(14-9-15(22(25,26)27)18(24)16(10-14)23(28,29)30)37-20-19(13-5-3-2-4-6-13)34(7-8-36-20)11-17-31-21(35)33-32-17/h2-6,9-10,12,19-20H,7-8,11H2,1H3,(H2,31,32,33,35)/t12-,19+,20-/m1/s1. The third-order valence-corrected chi connectivity index (χ3v) is 5.87. The quantitative estimate of drug-likeness (QED) is 0.438. The fourth-order valence-corrected chi connectivity index (χ4v) is 4.14. The van der Waals surface area contributed by atoms with E-state index in [0.29, 0.717) is 30.1 Å². The van der Waals surface area contributed by atoms with Crippen molar-refractivity contribution < 1.29 is 40.2 Å².